The van der Waals surface area contributed by atoms with Crippen molar-refractivity contribution in [2.75, 3.05) is 31.1 Å². The summed E-state index contributed by atoms with van der Waals surface area (Å²) in [4.78, 5) is 29.7. The smallest absolute Gasteiger partial charge is 0.289 e. The number of aryl methyl sites for hydroxylation is 1. The fourth-order valence-electron chi connectivity index (χ4n) is 4.77. The van der Waals surface area contributed by atoms with Crippen LogP contribution in [0.25, 0.3) is 10.2 Å². The third-order valence-corrected chi connectivity index (χ3v) is 7.84. The van der Waals surface area contributed by atoms with Gasteiger partial charge in [0.1, 0.15) is 16.5 Å². The number of hydrogen-bond donors (Lipinski definition) is 0. The number of fused-ring (bicyclic) bond motifs is 3. The number of anilines is 1. The Kier molecular flexibility index (Phi) is 4.33. The van der Waals surface area contributed by atoms with E-state index >= 15 is 0 Å². The molecule has 6 nitrogen and oxygen atoms in total. The predicted octanol–water partition coefficient (Wildman–Crippen LogP) is 4.25. The molecule has 1 amide bonds. The van der Waals surface area contributed by atoms with Crippen LogP contribution in [0.3, 0.4) is 0 Å². The van der Waals surface area contributed by atoms with E-state index in [9.17, 15) is 4.79 Å². The summed E-state index contributed by atoms with van der Waals surface area (Å²) in [5.74, 6) is 3.82. The molecule has 0 spiro atoms. The fraction of sp³-hybridized carbons (Fsp3) is 0.522. The van der Waals surface area contributed by atoms with Crippen LogP contribution in [0.5, 0.6) is 0 Å². The van der Waals surface area contributed by atoms with Gasteiger partial charge in [0.15, 0.2) is 5.76 Å². The molecule has 3 aliphatic rings. The number of nitrogens with zero attached hydrogens (tertiary/aromatic N) is 4. The number of carbonyl (C=O) groups is 1. The van der Waals surface area contributed by atoms with Crippen LogP contribution in [0, 0.1) is 5.92 Å². The van der Waals surface area contributed by atoms with Crippen molar-refractivity contribution in [2.24, 2.45) is 5.92 Å². The molecule has 0 unspecified atom stereocenters. The van der Waals surface area contributed by atoms with Crippen molar-refractivity contribution < 1.29 is 9.21 Å². The van der Waals surface area contributed by atoms with Gasteiger partial charge in [0.2, 0.25) is 0 Å². The maximum Gasteiger partial charge on any atom is 0.289 e. The summed E-state index contributed by atoms with van der Waals surface area (Å²) in [6.45, 7) is 5.32. The van der Waals surface area contributed by atoms with Gasteiger partial charge in [-0.15, -0.1) is 11.3 Å². The molecule has 0 N–H and O–H groups in total. The Bertz CT molecular complexity index is 1090. The predicted molar refractivity (Wildman–Crippen MR) is 117 cm³/mol. The lowest BCUT2D eigenvalue weighted by atomic mass is 9.89. The first-order chi connectivity index (χ1) is 14.7. The van der Waals surface area contributed by atoms with Gasteiger partial charge in [-0.1, -0.05) is 6.92 Å². The van der Waals surface area contributed by atoms with Crippen LogP contribution < -0.4 is 4.90 Å². The van der Waals surface area contributed by atoms with E-state index in [1.807, 2.05) is 16.2 Å². The average Bonchev–Trinajstić information content (AvgIpc) is 3.34. The molecule has 156 valence electrons. The van der Waals surface area contributed by atoms with Gasteiger partial charge in [0, 0.05) is 37.0 Å². The molecule has 1 atom stereocenters. The van der Waals surface area contributed by atoms with E-state index in [-0.39, 0.29) is 5.91 Å². The van der Waals surface area contributed by atoms with Crippen LogP contribution >= 0.6 is 11.3 Å². The Morgan fingerprint density at radius 3 is 2.73 bits per heavy atom. The highest BCUT2D eigenvalue weighted by molar-refractivity contribution is 7.19. The molecule has 2 aliphatic carbocycles. The Morgan fingerprint density at radius 1 is 1.17 bits per heavy atom. The summed E-state index contributed by atoms with van der Waals surface area (Å²) in [7, 11) is 0. The number of thiophene rings is 1. The van der Waals surface area contributed by atoms with E-state index < -0.39 is 0 Å². The van der Waals surface area contributed by atoms with Crippen molar-refractivity contribution in [3.05, 3.63) is 40.4 Å². The Balaban J connectivity index is 1.33. The standard InChI is InChI=1S/C23H26N4O2S/c1-14-4-7-16-18(13-14)30-22-19(16)21(24-20(25-22)15-5-6-15)26-8-10-27(11-9-26)23(28)17-3-2-12-29-17/h2-3,12,14-15H,4-11,13H2,1H3/t14-/m1/s1. The number of furan rings is 1. The van der Waals surface area contributed by atoms with Crippen LogP contribution in [0.15, 0.2) is 22.8 Å². The molecule has 0 radical (unpaired) electrons. The molecule has 1 saturated heterocycles. The highest BCUT2D eigenvalue weighted by Crippen LogP contribution is 2.44. The van der Waals surface area contributed by atoms with E-state index in [0.717, 1.165) is 37.1 Å². The monoisotopic (exact) mass is 422 g/mol. The first-order valence-corrected chi connectivity index (χ1v) is 11.9. The lowest BCUT2D eigenvalue weighted by molar-refractivity contribution is 0.0714. The number of aromatic nitrogens is 2. The molecule has 2 fully saturated rings. The molecule has 0 bridgehead atoms. The topological polar surface area (TPSA) is 62.5 Å². The minimum absolute atomic E-state index is 0.0203. The molecule has 1 saturated carbocycles. The van der Waals surface area contributed by atoms with Gasteiger partial charge in [0.05, 0.1) is 11.6 Å². The van der Waals surface area contributed by atoms with Gasteiger partial charge in [-0.25, -0.2) is 9.97 Å². The van der Waals surface area contributed by atoms with Crippen molar-refractivity contribution in [3.8, 4) is 0 Å². The number of rotatable bonds is 3. The van der Waals surface area contributed by atoms with E-state index in [4.69, 9.17) is 14.4 Å². The fourth-order valence-corrected chi connectivity index (χ4v) is 6.15. The molecular weight excluding hydrogens is 396 g/mol. The molecule has 30 heavy (non-hydrogen) atoms. The van der Waals surface area contributed by atoms with Crippen molar-refractivity contribution in [3.63, 3.8) is 0 Å². The zero-order valence-corrected chi connectivity index (χ0v) is 18.1. The second kappa shape index (κ2) is 7.08. The molecule has 7 heteroatoms. The largest absolute Gasteiger partial charge is 0.459 e. The number of piperazine rings is 1. The minimum Gasteiger partial charge on any atom is -0.459 e. The maximum absolute atomic E-state index is 12.6. The zero-order valence-electron chi connectivity index (χ0n) is 17.3. The Hall–Kier alpha value is -2.41. The lowest BCUT2D eigenvalue weighted by Crippen LogP contribution is -2.49. The third-order valence-electron chi connectivity index (χ3n) is 6.69. The zero-order chi connectivity index (χ0) is 20.2. The summed E-state index contributed by atoms with van der Waals surface area (Å²) >= 11 is 1.89. The number of carbonyl (C=O) groups excluding carboxylic acids is 1. The second-order valence-corrected chi connectivity index (χ2v) is 10.1. The van der Waals surface area contributed by atoms with Crippen LogP contribution in [0.1, 0.15) is 58.9 Å². The van der Waals surface area contributed by atoms with E-state index in [0.29, 0.717) is 24.8 Å². The Labute approximate surface area is 179 Å². The normalized spacial score (nSPS) is 21.8. The van der Waals surface area contributed by atoms with E-state index in [1.54, 1.807) is 18.4 Å². The maximum atomic E-state index is 12.6. The second-order valence-electron chi connectivity index (χ2n) is 8.97. The number of hydrogen-bond acceptors (Lipinski definition) is 6. The summed E-state index contributed by atoms with van der Waals surface area (Å²) < 4.78 is 5.30. The van der Waals surface area contributed by atoms with E-state index in [1.165, 1.54) is 46.3 Å². The van der Waals surface area contributed by atoms with Crippen molar-refractivity contribution >= 4 is 33.3 Å². The third kappa shape index (κ3) is 3.11. The van der Waals surface area contributed by atoms with Crippen LogP contribution in [-0.2, 0) is 12.8 Å². The molecule has 4 heterocycles. The number of amides is 1. The van der Waals surface area contributed by atoms with E-state index in [2.05, 4.69) is 11.8 Å². The summed E-state index contributed by atoms with van der Waals surface area (Å²) in [6.07, 6.45) is 7.51. The highest BCUT2D eigenvalue weighted by atomic mass is 32.1. The van der Waals surface area contributed by atoms with Gasteiger partial charge in [0.25, 0.3) is 5.91 Å². The van der Waals surface area contributed by atoms with Crippen LogP contribution in [-0.4, -0.2) is 47.0 Å². The van der Waals surface area contributed by atoms with Gasteiger partial charge < -0.3 is 14.2 Å². The van der Waals surface area contributed by atoms with Crippen molar-refractivity contribution in [1.82, 2.24) is 14.9 Å². The SMILES string of the molecule is C[C@@H]1CCc2c(sc3nc(C4CC4)nc(N4CCN(C(=O)c5ccco5)CC4)c23)C1. The summed E-state index contributed by atoms with van der Waals surface area (Å²) in [5, 5.41) is 1.29. The van der Waals surface area contributed by atoms with Crippen molar-refractivity contribution in [1.29, 1.82) is 0 Å². The molecule has 3 aromatic rings. The summed E-state index contributed by atoms with van der Waals surface area (Å²) in [6, 6.07) is 3.50. The van der Waals surface area contributed by atoms with Crippen LogP contribution in [0.2, 0.25) is 0 Å². The van der Waals surface area contributed by atoms with Gasteiger partial charge in [-0.05, 0) is 55.7 Å². The lowest BCUT2D eigenvalue weighted by Gasteiger charge is -2.35. The minimum atomic E-state index is -0.0203. The van der Waals surface area contributed by atoms with Crippen molar-refractivity contribution in [2.45, 2.75) is 44.9 Å². The highest BCUT2D eigenvalue weighted by Gasteiger charge is 2.32. The molecule has 3 aromatic heterocycles. The molecular formula is C23H26N4O2S. The molecule has 6 rings (SSSR count). The Morgan fingerprint density at radius 2 is 2.00 bits per heavy atom. The van der Waals surface area contributed by atoms with Crippen LogP contribution in [0.4, 0.5) is 5.82 Å². The van der Waals surface area contributed by atoms with Gasteiger partial charge in [-0.3, -0.25) is 4.79 Å². The van der Waals surface area contributed by atoms with Gasteiger partial charge >= 0.3 is 0 Å². The molecule has 0 aromatic carbocycles. The average molecular weight is 423 g/mol. The van der Waals surface area contributed by atoms with Gasteiger partial charge in [-0.2, -0.15) is 0 Å². The quantitative estimate of drug-likeness (QED) is 0.631. The molecule has 1 aliphatic heterocycles. The summed E-state index contributed by atoms with van der Waals surface area (Å²) in [5.41, 5.74) is 1.49. The first kappa shape index (κ1) is 18.4. The first-order valence-electron chi connectivity index (χ1n) is 11.1.